The predicted molar refractivity (Wildman–Crippen MR) is 95.0 cm³/mol. The minimum atomic E-state index is -0.339. The number of nitrogens with one attached hydrogen (secondary N) is 2. The second-order valence-electron chi connectivity index (χ2n) is 5.12. The van der Waals surface area contributed by atoms with Crippen molar-refractivity contribution >= 4 is 33.4 Å². The molecule has 0 aliphatic carbocycles. The van der Waals surface area contributed by atoms with Crippen molar-refractivity contribution < 1.29 is 9.59 Å². The maximum Gasteiger partial charge on any atom is 0.234 e. The molecule has 24 heavy (non-hydrogen) atoms. The molecule has 0 heterocycles. The number of carbonyl (C=O) groups is 2. The molecule has 2 aromatic rings. The van der Waals surface area contributed by atoms with Gasteiger partial charge in [-0.15, -0.1) is 0 Å². The van der Waals surface area contributed by atoms with Gasteiger partial charge in [0.15, 0.2) is 0 Å². The van der Waals surface area contributed by atoms with E-state index in [4.69, 9.17) is 5.26 Å². The first-order chi connectivity index (χ1) is 11.6. The molecule has 0 radical (unpaired) electrons. The van der Waals surface area contributed by atoms with Gasteiger partial charge in [0.1, 0.15) is 6.42 Å². The maximum absolute atomic E-state index is 12.2. The van der Waals surface area contributed by atoms with E-state index in [2.05, 4.69) is 26.6 Å². The highest BCUT2D eigenvalue weighted by molar-refractivity contribution is 9.10. The molecule has 0 aliphatic rings. The Kier molecular flexibility index (Phi) is 6.52. The monoisotopic (exact) mass is 385 g/mol. The van der Waals surface area contributed by atoms with E-state index in [0.717, 1.165) is 15.6 Å². The molecule has 2 rings (SSSR count). The summed E-state index contributed by atoms with van der Waals surface area (Å²) in [6.45, 7) is 0.259. The third kappa shape index (κ3) is 5.52. The topological polar surface area (TPSA) is 82.0 Å². The molecule has 0 spiro atoms. The average molecular weight is 386 g/mol. The highest BCUT2D eigenvalue weighted by atomic mass is 79.9. The Hall–Kier alpha value is -2.65. The Balaban J connectivity index is 1.98. The number of halogens is 1. The second-order valence-corrected chi connectivity index (χ2v) is 6.04. The summed E-state index contributed by atoms with van der Waals surface area (Å²) in [5.74, 6) is -0.471. The quantitative estimate of drug-likeness (QED) is 0.800. The van der Waals surface area contributed by atoms with E-state index in [1.54, 1.807) is 12.1 Å². The van der Waals surface area contributed by atoms with E-state index < -0.39 is 0 Å². The first-order valence-corrected chi connectivity index (χ1v) is 8.13. The van der Waals surface area contributed by atoms with E-state index in [1.807, 2.05) is 42.5 Å². The van der Waals surface area contributed by atoms with Crippen LogP contribution in [-0.2, 0) is 22.6 Å². The molecule has 0 saturated heterocycles. The van der Waals surface area contributed by atoms with Crippen LogP contribution in [0.1, 0.15) is 17.5 Å². The molecule has 0 unspecified atom stereocenters. The van der Waals surface area contributed by atoms with Crippen molar-refractivity contribution in [3.8, 4) is 6.07 Å². The highest BCUT2D eigenvalue weighted by Crippen LogP contribution is 2.16. The summed E-state index contributed by atoms with van der Waals surface area (Å²) in [6.07, 6.45) is 0.0838. The fourth-order valence-electron chi connectivity index (χ4n) is 2.11. The van der Waals surface area contributed by atoms with Gasteiger partial charge < -0.3 is 10.6 Å². The molecule has 2 N–H and O–H groups in total. The van der Waals surface area contributed by atoms with Gasteiger partial charge in [0.25, 0.3) is 0 Å². The first kappa shape index (κ1) is 17.7. The van der Waals surface area contributed by atoms with Gasteiger partial charge >= 0.3 is 0 Å². The zero-order chi connectivity index (χ0) is 17.4. The van der Waals surface area contributed by atoms with E-state index >= 15 is 0 Å². The van der Waals surface area contributed by atoms with Crippen LogP contribution in [0.15, 0.2) is 53.0 Å². The van der Waals surface area contributed by atoms with Crippen LogP contribution >= 0.6 is 15.9 Å². The Bertz CT molecular complexity index is 767. The average Bonchev–Trinajstić information content (AvgIpc) is 2.56. The van der Waals surface area contributed by atoms with Gasteiger partial charge in [0, 0.05) is 16.7 Å². The number of rotatable bonds is 6. The highest BCUT2D eigenvalue weighted by Gasteiger charge is 2.08. The Morgan fingerprint density at radius 2 is 1.75 bits per heavy atom. The van der Waals surface area contributed by atoms with Crippen LogP contribution in [-0.4, -0.2) is 11.8 Å². The summed E-state index contributed by atoms with van der Waals surface area (Å²) >= 11 is 3.36. The molecule has 5 nitrogen and oxygen atoms in total. The molecule has 0 aliphatic heterocycles. The van der Waals surface area contributed by atoms with Crippen LogP contribution in [0.4, 0.5) is 5.69 Å². The SMILES string of the molecule is N#CCC(=O)NCc1ccccc1NC(=O)Cc1ccc(Br)cc1. The number of hydrogen-bond acceptors (Lipinski definition) is 3. The summed E-state index contributed by atoms with van der Waals surface area (Å²) in [4.78, 5) is 23.6. The van der Waals surface area contributed by atoms with E-state index in [9.17, 15) is 9.59 Å². The van der Waals surface area contributed by atoms with Gasteiger partial charge in [-0.3, -0.25) is 9.59 Å². The summed E-state index contributed by atoms with van der Waals surface area (Å²) < 4.78 is 0.963. The zero-order valence-corrected chi connectivity index (χ0v) is 14.5. The number of hydrogen-bond donors (Lipinski definition) is 2. The third-order valence-electron chi connectivity index (χ3n) is 3.29. The lowest BCUT2D eigenvalue weighted by Gasteiger charge is -2.11. The van der Waals surface area contributed by atoms with Gasteiger partial charge in [-0.05, 0) is 29.3 Å². The van der Waals surface area contributed by atoms with Crippen molar-refractivity contribution in [1.29, 1.82) is 5.26 Å². The lowest BCUT2D eigenvalue weighted by molar-refractivity contribution is -0.120. The van der Waals surface area contributed by atoms with Crippen LogP contribution in [0.25, 0.3) is 0 Å². The molecule has 122 valence electrons. The summed E-state index contributed by atoms with van der Waals surface area (Å²) in [5.41, 5.74) is 2.35. The molecule has 0 bridgehead atoms. The normalized spacial score (nSPS) is 9.83. The van der Waals surface area contributed by atoms with Crippen molar-refractivity contribution in [2.24, 2.45) is 0 Å². The largest absolute Gasteiger partial charge is 0.351 e. The van der Waals surface area contributed by atoms with Crippen molar-refractivity contribution in [3.63, 3.8) is 0 Å². The van der Waals surface area contributed by atoms with Crippen LogP contribution in [0.3, 0.4) is 0 Å². The first-order valence-electron chi connectivity index (χ1n) is 7.34. The Labute approximate surface area is 148 Å². The van der Waals surface area contributed by atoms with E-state index in [0.29, 0.717) is 5.69 Å². The molecule has 6 heteroatoms. The van der Waals surface area contributed by atoms with Gasteiger partial charge in [-0.25, -0.2) is 0 Å². The molecular formula is C18H16BrN3O2. The second kappa shape index (κ2) is 8.85. The number of nitrogens with zero attached hydrogens (tertiary/aromatic N) is 1. The van der Waals surface area contributed by atoms with Gasteiger partial charge in [0.05, 0.1) is 12.5 Å². The standard InChI is InChI=1S/C18H16BrN3O2/c19-15-7-5-13(6-8-15)11-18(24)22-16-4-2-1-3-14(16)12-21-17(23)9-10-20/h1-8H,9,11-12H2,(H,21,23)(H,22,24). The minimum Gasteiger partial charge on any atom is -0.351 e. The molecule has 0 saturated carbocycles. The van der Waals surface area contributed by atoms with Crippen molar-refractivity contribution in [2.45, 2.75) is 19.4 Å². The third-order valence-corrected chi connectivity index (χ3v) is 3.81. The Morgan fingerprint density at radius 3 is 2.46 bits per heavy atom. The van der Waals surface area contributed by atoms with Crippen LogP contribution in [0.2, 0.25) is 0 Å². The van der Waals surface area contributed by atoms with E-state index in [-0.39, 0.29) is 31.2 Å². The van der Waals surface area contributed by atoms with Crippen LogP contribution in [0.5, 0.6) is 0 Å². The molecule has 0 atom stereocenters. The molecule has 0 fully saturated rings. The van der Waals surface area contributed by atoms with Gasteiger partial charge in [0.2, 0.25) is 11.8 Å². The number of carbonyl (C=O) groups excluding carboxylic acids is 2. The predicted octanol–water partition coefficient (Wildman–Crippen LogP) is 3.16. The molecule has 0 aromatic heterocycles. The molecule has 2 amide bonds. The fourth-order valence-corrected chi connectivity index (χ4v) is 2.37. The van der Waals surface area contributed by atoms with Gasteiger partial charge in [-0.2, -0.15) is 5.26 Å². The summed E-state index contributed by atoms with van der Waals surface area (Å²) in [5, 5.41) is 14.0. The minimum absolute atomic E-state index is 0.131. The summed E-state index contributed by atoms with van der Waals surface area (Å²) in [7, 11) is 0. The number of anilines is 1. The molecule has 2 aromatic carbocycles. The lowest BCUT2D eigenvalue weighted by atomic mass is 10.1. The zero-order valence-electron chi connectivity index (χ0n) is 12.9. The number of para-hydroxylation sites is 1. The fraction of sp³-hybridized carbons (Fsp3) is 0.167. The van der Waals surface area contributed by atoms with Crippen molar-refractivity contribution in [2.75, 3.05) is 5.32 Å². The lowest BCUT2D eigenvalue weighted by Crippen LogP contribution is -2.23. The number of nitriles is 1. The molecular weight excluding hydrogens is 370 g/mol. The number of benzene rings is 2. The van der Waals surface area contributed by atoms with E-state index in [1.165, 1.54) is 0 Å². The van der Waals surface area contributed by atoms with Crippen LogP contribution < -0.4 is 10.6 Å². The smallest absolute Gasteiger partial charge is 0.234 e. The number of amides is 2. The summed E-state index contributed by atoms with van der Waals surface area (Å²) in [6, 6.07) is 16.6. The Morgan fingerprint density at radius 1 is 1.04 bits per heavy atom. The van der Waals surface area contributed by atoms with Crippen molar-refractivity contribution in [1.82, 2.24) is 5.32 Å². The maximum atomic E-state index is 12.2. The van der Waals surface area contributed by atoms with Crippen molar-refractivity contribution in [3.05, 3.63) is 64.1 Å². The van der Waals surface area contributed by atoms with Crippen LogP contribution in [0, 0.1) is 11.3 Å². The van der Waals surface area contributed by atoms with Gasteiger partial charge in [-0.1, -0.05) is 46.3 Å².